The number of morpholine rings is 1. The normalized spacial score (nSPS) is 18.7. The molecule has 2 aromatic heterocycles. The van der Waals surface area contributed by atoms with Crippen molar-refractivity contribution in [3.63, 3.8) is 0 Å². The number of rotatable bonds is 5. The van der Waals surface area contributed by atoms with Crippen molar-refractivity contribution in [2.24, 2.45) is 0 Å². The highest BCUT2D eigenvalue weighted by atomic mass is 35.5. The van der Waals surface area contributed by atoms with Crippen molar-refractivity contribution in [3.8, 4) is 0 Å². The second-order valence-electron chi connectivity index (χ2n) is 8.48. The standard InChI is InChI=1S/C22H26ClN5O4/c1-22(2)12-28(10-19(29)27(3)31-4)18(11-32-22)21(30)26-16-8-13(23)7-15-14-5-6-24-9-17(14)25-20(15)16/h5-9,18,25H,10-12H2,1-4H3,(H,26,30). The Balaban J connectivity index is 1.63. The molecule has 0 radical (unpaired) electrons. The number of hydrogen-bond donors (Lipinski definition) is 2. The van der Waals surface area contributed by atoms with Crippen LogP contribution in [0.4, 0.5) is 5.69 Å². The van der Waals surface area contributed by atoms with Crippen LogP contribution in [0, 0.1) is 0 Å². The number of pyridine rings is 1. The zero-order chi connectivity index (χ0) is 23.0. The van der Waals surface area contributed by atoms with E-state index in [1.807, 2.05) is 30.9 Å². The highest BCUT2D eigenvalue weighted by Crippen LogP contribution is 2.33. The number of nitrogens with zero attached hydrogens (tertiary/aromatic N) is 3. The lowest BCUT2D eigenvalue weighted by Crippen LogP contribution is -2.60. The molecule has 1 aliphatic rings. The number of aromatic amines is 1. The van der Waals surface area contributed by atoms with Gasteiger partial charge in [0.15, 0.2) is 0 Å². The SMILES string of the molecule is CON(C)C(=O)CN1CC(C)(C)OCC1C(=O)Nc1cc(Cl)cc2c1[nH]c1cnccc12. The first-order valence-corrected chi connectivity index (χ1v) is 10.6. The smallest absolute Gasteiger partial charge is 0.260 e. The van der Waals surface area contributed by atoms with Crippen molar-refractivity contribution in [3.05, 3.63) is 35.6 Å². The number of ether oxygens (including phenoxy) is 1. The Kier molecular flexibility index (Phi) is 6.09. The Morgan fingerprint density at radius 2 is 2.19 bits per heavy atom. The van der Waals surface area contributed by atoms with E-state index in [-0.39, 0.29) is 25.0 Å². The van der Waals surface area contributed by atoms with Gasteiger partial charge in [0.2, 0.25) is 5.91 Å². The largest absolute Gasteiger partial charge is 0.372 e. The summed E-state index contributed by atoms with van der Waals surface area (Å²) in [5, 5.41) is 6.48. The van der Waals surface area contributed by atoms with Gasteiger partial charge in [-0.25, -0.2) is 5.06 Å². The average Bonchev–Trinajstić information content (AvgIpc) is 3.11. The molecule has 0 saturated carbocycles. The van der Waals surface area contributed by atoms with E-state index in [0.717, 1.165) is 26.9 Å². The highest BCUT2D eigenvalue weighted by molar-refractivity contribution is 6.33. The summed E-state index contributed by atoms with van der Waals surface area (Å²) in [6, 6.07) is 4.79. The fourth-order valence-electron chi connectivity index (χ4n) is 3.97. The number of benzene rings is 1. The molecular formula is C22H26ClN5O4. The van der Waals surface area contributed by atoms with Gasteiger partial charge < -0.3 is 15.0 Å². The van der Waals surface area contributed by atoms with Crippen molar-refractivity contribution in [1.82, 2.24) is 19.9 Å². The van der Waals surface area contributed by atoms with E-state index in [1.54, 1.807) is 18.5 Å². The van der Waals surface area contributed by atoms with Crippen LogP contribution in [0.15, 0.2) is 30.6 Å². The first-order valence-electron chi connectivity index (χ1n) is 10.2. The molecule has 32 heavy (non-hydrogen) atoms. The van der Waals surface area contributed by atoms with Crippen LogP contribution in [-0.4, -0.2) is 77.2 Å². The van der Waals surface area contributed by atoms with Crippen LogP contribution in [-0.2, 0) is 19.2 Å². The van der Waals surface area contributed by atoms with Gasteiger partial charge in [-0.15, -0.1) is 0 Å². The van der Waals surface area contributed by atoms with Gasteiger partial charge in [-0.1, -0.05) is 11.6 Å². The molecule has 0 bridgehead atoms. The Morgan fingerprint density at radius 3 is 2.94 bits per heavy atom. The van der Waals surface area contributed by atoms with E-state index < -0.39 is 11.6 Å². The molecule has 2 amide bonds. The molecule has 3 aromatic rings. The molecule has 1 aromatic carbocycles. The van der Waals surface area contributed by atoms with Crippen molar-refractivity contribution < 1.29 is 19.2 Å². The van der Waals surface area contributed by atoms with Crippen LogP contribution >= 0.6 is 11.6 Å². The third kappa shape index (κ3) is 4.42. The van der Waals surface area contributed by atoms with Crippen molar-refractivity contribution in [1.29, 1.82) is 0 Å². The minimum atomic E-state index is -0.655. The minimum Gasteiger partial charge on any atom is -0.372 e. The number of fused-ring (bicyclic) bond motifs is 3. The second-order valence-corrected chi connectivity index (χ2v) is 8.91. The lowest BCUT2D eigenvalue weighted by atomic mass is 10.0. The summed E-state index contributed by atoms with van der Waals surface area (Å²) >= 11 is 6.36. The number of nitrogens with one attached hydrogen (secondary N) is 2. The molecule has 170 valence electrons. The highest BCUT2D eigenvalue weighted by Gasteiger charge is 2.39. The predicted octanol–water partition coefficient (Wildman–Crippen LogP) is 2.81. The number of aromatic nitrogens is 2. The van der Waals surface area contributed by atoms with Crippen LogP contribution in [0.5, 0.6) is 0 Å². The second kappa shape index (κ2) is 8.67. The number of hydroxylamine groups is 2. The third-order valence-corrected chi connectivity index (χ3v) is 5.87. The molecule has 0 spiro atoms. The fourth-order valence-corrected chi connectivity index (χ4v) is 4.19. The van der Waals surface area contributed by atoms with Crippen LogP contribution in [0.3, 0.4) is 0 Å². The number of carbonyl (C=O) groups excluding carboxylic acids is 2. The maximum Gasteiger partial charge on any atom is 0.260 e. The fraction of sp³-hybridized carbons (Fsp3) is 0.409. The summed E-state index contributed by atoms with van der Waals surface area (Å²) in [5.74, 6) is -0.537. The van der Waals surface area contributed by atoms with Gasteiger partial charge in [0.1, 0.15) is 6.04 Å². The molecule has 1 fully saturated rings. The molecule has 1 atom stereocenters. The molecule has 1 aliphatic heterocycles. The zero-order valence-corrected chi connectivity index (χ0v) is 19.2. The van der Waals surface area contributed by atoms with Crippen molar-refractivity contribution in [2.45, 2.75) is 25.5 Å². The van der Waals surface area contributed by atoms with E-state index in [4.69, 9.17) is 21.2 Å². The van der Waals surface area contributed by atoms with E-state index in [1.165, 1.54) is 14.2 Å². The van der Waals surface area contributed by atoms with Gasteiger partial charge in [0.25, 0.3) is 5.91 Å². The average molecular weight is 460 g/mol. The lowest BCUT2D eigenvalue weighted by molar-refractivity contribution is -0.175. The van der Waals surface area contributed by atoms with Gasteiger partial charge >= 0.3 is 0 Å². The maximum atomic E-state index is 13.3. The molecule has 10 heteroatoms. The van der Waals surface area contributed by atoms with E-state index in [9.17, 15) is 9.59 Å². The monoisotopic (exact) mass is 459 g/mol. The first kappa shape index (κ1) is 22.5. The topological polar surface area (TPSA) is 99.8 Å². The van der Waals surface area contributed by atoms with Gasteiger partial charge in [0, 0.05) is 35.6 Å². The molecule has 2 N–H and O–H groups in total. The lowest BCUT2D eigenvalue weighted by Gasteiger charge is -2.42. The van der Waals surface area contributed by atoms with Gasteiger partial charge in [0.05, 0.1) is 48.8 Å². The summed E-state index contributed by atoms with van der Waals surface area (Å²) < 4.78 is 5.89. The quantitative estimate of drug-likeness (QED) is 0.569. The Bertz CT molecular complexity index is 1180. The number of anilines is 1. The van der Waals surface area contributed by atoms with Gasteiger partial charge in [-0.3, -0.25) is 24.3 Å². The van der Waals surface area contributed by atoms with Crippen LogP contribution in [0.2, 0.25) is 5.02 Å². The summed E-state index contributed by atoms with van der Waals surface area (Å²) in [5.41, 5.74) is 1.66. The molecular weight excluding hydrogens is 434 g/mol. The maximum absolute atomic E-state index is 13.3. The van der Waals surface area contributed by atoms with Crippen LogP contribution in [0.1, 0.15) is 13.8 Å². The van der Waals surface area contributed by atoms with Crippen LogP contribution < -0.4 is 5.32 Å². The van der Waals surface area contributed by atoms with Gasteiger partial charge in [-0.2, -0.15) is 0 Å². The summed E-state index contributed by atoms with van der Waals surface area (Å²) in [7, 11) is 2.96. The number of H-pyrrole nitrogens is 1. The van der Waals surface area contributed by atoms with Crippen LogP contribution in [0.25, 0.3) is 21.8 Å². The predicted molar refractivity (Wildman–Crippen MR) is 122 cm³/mol. The van der Waals surface area contributed by atoms with Crippen molar-refractivity contribution >= 4 is 50.9 Å². The first-order chi connectivity index (χ1) is 15.2. The number of likely N-dealkylation sites (N-methyl/N-ethyl adjacent to an activating group) is 1. The van der Waals surface area contributed by atoms with E-state index >= 15 is 0 Å². The number of hydrogen-bond acceptors (Lipinski definition) is 6. The Hall–Kier alpha value is -2.72. The van der Waals surface area contributed by atoms with Crippen molar-refractivity contribution in [2.75, 3.05) is 39.2 Å². The Morgan fingerprint density at radius 1 is 1.41 bits per heavy atom. The molecule has 3 heterocycles. The molecule has 4 rings (SSSR count). The summed E-state index contributed by atoms with van der Waals surface area (Å²) in [4.78, 5) is 40.0. The molecule has 1 unspecified atom stereocenters. The number of halogens is 1. The van der Waals surface area contributed by atoms with E-state index in [2.05, 4.69) is 15.3 Å². The Labute approximate surface area is 190 Å². The minimum absolute atomic E-state index is 0.0260. The summed E-state index contributed by atoms with van der Waals surface area (Å²) in [6.45, 7) is 4.45. The molecule has 0 aliphatic carbocycles. The zero-order valence-electron chi connectivity index (χ0n) is 18.4. The molecule has 9 nitrogen and oxygen atoms in total. The number of amides is 2. The number of carbonyl (C=O) groups is 2. The summed E-state index contributed by atoms with van der Waals surface area (Å²) in [6.07, 6.45) is 3.44. The van der Waals surface area contributed by atoms with E-state index in [0.29, 0.717) is 17.3 Å². The van der Waals surface area contributed by atoms with Gasteiger partial charge in [-0.05, 0) is 32.0 Å². The third-order valence-electron chi connectivity index (χ3n) is 5.65. The molecule has 1 saturated heterocycles.